The first kappa shape index (κ1) is 17.5. The van der Waals surface area contributed by atoms with Gasteiger partial charge in [0.1, 0.15) is 0 Å². The van der Waals surface area contributed by atoms with Crippen molar-refractivity contribution in [2.75, 3.05) is 6.61 Å². The molecule has 0 heterocycles. The second-order valence-electron chi connectivity index (χ2n) is 9.57. The topological polar surface area (TPSA) is 98.0 Å². The van der Waals surface area contributed by atoms with E-state index in [0.717, 1.165) is 12.8 Å². The molecule has 0 amide bonds. The third-order valence-electron chi connectivity index (χ3n) is 8.95. The zero-order chi connectivity index (χ0) is 18.3. The minimum absolute atomic E-state index is 0.0316. The Balaban J connectivity index is 1.78. The average Bonchev–Trinajstić information content (AvgIpc) is 2.92. The molecule has 7 atom stereocenters. The zero-order valence-corrected chi connectivity index (χ0v) is 15.2. The van der Waals surface area contributed by atoms with Gasteiger partial charge in [-0.1, -0.05) is 25.5 Å². The van der Waals surface area contributed by atoms with Crippen LogP contribution in [0, 0.1) is 28.1 Å². The Labute approximate surface area is 148 Å². The number of carboxylic acid groups (broad SMARTS) is 1. The number of allylic oxidation sites excluding steroid dienone is 2. The van der Waals surface area contributed by atoms with Gasteiger partial charge in [-0.2, -0.15) is 0 Å². The summed E-state index contributed by atoms with van der Waals surface area (Å²) >= 11 is 0. The second kappa shape index (κ2) is 5.08. The van der Waals surface area contributed by atoms with Crippen molar-refractivity contribution >= 4 is 5.97 Å². The standard InChI is InChI=1S/C20H30O5/c1-17(11-21)14-4-3-12-9-13-10-19(12,7-8-20(13,25)16(23)24)18(14,2)6-5-15(17)22/h3,13-15,21-22,25H,4-11H2,1-2H3,(H,23,24)/t13-,14+,15-,17+,18+,19+,20-/m1/s1. The molecule has 1 spiro atoms. The van der Waals surface area contributed by atoms with Crippen LogP contribution in [-0.4, -0.2) is 44.7 Å². The highest BCUT2D eigenvalue weighted by atomic mass is 16.4. The number of carbonyl (C=O) groups is 1. The average molecular weight is 350 g/mol. The molecule has 25 heavy (non-hydrogen) atoms. The van der Waals surface area contributed by atoms with Crippen molar-refractivity contribution in [2.45, 2.75) is 70.5 Å². The van der Waals surface area contributed by atoms with E-state index in [2.05, 4.69) is 13.0 Å². The van der Waals surface area contributed by atoms with Gasteiger partial charge in [0.05, 0.1) is 12.7 Å². The summed E-state index contributed by atoms with van der Waals surface area (Å²) in [6.07, 6.45) is 6.49. The first-order valence-electron chi connectivity index (χ1n) is 9.58. The van der Waals surface area contributed by atoms with Crippen LogP contribution < -0.4 is 0 Å². The monoisotopic (exact) mass is 350 g/mol. The van der Waals surface area contributed by atoms with Crippen LogP contribution in [0.25, 0.3) is 0 Å². The molecule has 0 radical (unpaired) electrons. The van der Waals surface area contributed by atoms with Crippen molar-refractivity contribution in [3.05, 3.63) is 11.6 Å². The molecule has 4 aliphatic carbocycles. The van der Waals surface area contributed by atoms with E-state index in [9.17, 15) is 25.2 Å². The van der Waals surface area contributed by atoms with Gasteiger partial charge >= 0.3 is 5.97 Å². The molecule has 140 valence electrons. The highest BCUT2D eigenvalue weighted by molar-refractivity contribution is 5.78. The fraction of sp³-hybridized carbons (Fsp3) is 0.850. The van der Waals surface area contributed by atoms with Crippen LogP contribution in [0.15, 0.2) is 11.6 Å². The maximum absolute atomic E-state index is 11.7. The normalized spacial score (nSPS) is 54.4. The summed E-state index contributed by atoms with van der Waals surface area (Å²) in [5, 5.41) is 41.0. The highest BCUT2D eigenvalue weighted by Gasteiger charge is 2.69. The van der Waals surface area contributed by atoms with E-state index in [1.165, 1.54) is 5.57 Å². The van der Waals surface area contributed by atoms with Crippen LogP contribution in [0.1, 0.15) is 58.8 Å². The van der Waals surface area contributed by atoms with Crippen molar-refractivity contribution in [3.63, 3.8) is 0 Å². The summed E-state index contributed by atoms with van der Waals surface area (Å²) < 4.78 is 0. The molecule has 0 aliphatic heterocycles. The number of rotatable bonds is 2. The van der Waals surface area contributed by atoms with Crippen LogP contribution in [0.4, 0.5) is 0 Å². The molecule has 0 aromatic heterocycles. The van der Waals surface area contributed by atoms with E-state index < -0.39 is 23.1 Å². The number of aliphatic carboxylic acids is 1. The lowest BCUT2D eigenvalue weighted by Gasteiger charge is -2.64. The van der Waals surface area contributed by atoms with Crippen molar-refractivity contribution in [1.29, 1.82) is 0 Å². The van der Waals surface area contributed by atoms with Crippen LogP contribution in [0.3, 0.4) is 0 Å². The SMILES string of the molecule is C[C@@]1(CO)[C@H](O)CC[C@@]2(C)[C@H]1CC=C1C[C@@H]3C[C@@]12CC[C@]3(O)C(=O)O. The van der Waals surface area contributed by atoms with E-state index in [0.29, 0.717) is 32.1 Å². The molecule has 5 nitrogen and oxygen atoms in total. The summed E-state index contributed by atoms with van der Waals surface area (Å²) in [6, 6.07) is 0. The Morgan fingerprint density at radius 2 is 2.00 bits per heavy atom. The summed E-state index contributed by atoms with van der Waals surface area (Å²) in [5.74, 6) is -1.15. The van der Waals surface area contributed by atoms with Gasteiger partial charge in [0.2, 0.25) is 0 Å². The Hall–Kier alpha value is -0.910. The molecule has 0 unspecified atom stereocenters. The van der Waals surface area contributed by atoms with Gasteiger partial charge in [0.15, 0.2) is 5.60 Å². The fourth-order valence-electron chi connectivity index (χ4n) is 7.22. The van der Waals surface area contributed by atoms with Gasteiger partial charge in [0, 0.05) is 11.3 Å². The quantitative estimate of drug-likeness (QED) is 0.572. The maximum atomic E-state index is 11.7. The van der Waals surface area contributed by atoms with Crippen LogP contribution in [0.2, 0.25) is 0 Å². The lowest BCUT2D eigenvalue weighted by molar-refractivity contribution is -0.190. The van der Waals surface area contributed by atoms with Gasteiger partial charge in [-0.3, -0.25) is 0 Å². The lowest BCUT2D eigenvalue weighted by Crippen LogP contribution is -2.61. The van der Waals surface area contributed by atoms with E-state index in [1.807, 2.05) is 6.92 Å². The predicted octanol–water partition coefficient (Wildman–Crippen LogP) is 2.10. The zero-order valence-electron chi connectivity index (χ0n) is 15.2. The van der Waals surface area contributed by atoms with Gasteiger partial charge in [-0.05, 0) is 61.7 Å². The van der Waals surface area contributed by atoms with Gasteiger partial charge in [0.25, 0.3) is 0 Å². The molecular formula is C20H30O5. The minimum atomic E-state index is -1.61. The van der Waals surface area contributed by atoms with Crippen molar-refractivity contribution in [1.82, 2.24) is 0 Å². The molecule has 2 bridgehead atoms. The highest BCUT2D eigenvalue weighted by Crippen LogP contribution is 2.73. The number of hydrogen-bond acceptors (Lipinski definition) is 4. The smallest absolute Gasteiger partial charge is 0.335 e. The molecule has 3 fully saturated rings. The number of fused-ring (bicyclic) bond motifs is 2. The number of aliphatic hydroxyl groups is 3. The second-order valence-corrected chi connectivity index (χ2v) is 9.57. The third kappa shape index (κ3) is 1.87. The van der Waals surface area contributed by atoms with Crippen molar-refractivity contribution < 1.29 is 25.2 Å². The first-order valence-corrected chi connectivity index (χ1v) is 9.58. The Morgan fingerprint density at radius 3 is 2.64 bits per heavy atom. The predicted molar refractivity (Wildman–Crippen MR) is 91.7 cm³/mol. The lowest BCUT2D eigenvalue weighted by atomic mass is 9.41. The number of aliphatic hydroxyl groups excluding tert-OH is 2. The number of hydrogen-bond donors (Lipinski definition) is 4. The third-order valence-corrected chi connectivity index (χ3v) is 8.95. The summed E-state index contributed by atoms with van der Waals surface area (Å²) in [7, 11) is 0. The molecule has 5 heteroatoms. The minimum Gasteiger partial charge on any atom is -0.479 e. The summed E-state index contributed by atoms with van der Waals surface area (Å²) in [4.78, 5) is 11.7. The molecule has 4 aliphatic rings. The Kier molecular flexibility index (Phi) is 3.56. The van der Waals surface area contributed by atoms with Crippen molar-refractivity contribution in [2.24, 2.45) is 28.1 Å². The van der Waals surface area contributed by atoms with Crippen LogP contribution >= 0.6 is 0 Å². The molecular weight excluding hydrogens is 320 g/mol. The summed E-state index contributed by atoms with van der Waals surface area (Å²) in [5.41, 5.74) is -0.960. The Morgan fingerprint density at radius 1 is 1.28 bits per heavy atom. The number of carboxylic acids is 1. The van der Waals surface area contributed by atoms with Crippen LogP contribution in [-0.2, 0) is 4.79 Å². The largest absolute Gasteiger partial charge is 0.479 e. The molecule has 0 aromatic rings. The molecule has 4 N–H and O–H groups in total. The molecule has 3 saturated carbocycles. The van der Waals surface area contributed by atoms with Gasteiger partial charge < -0.3 is 20.4 Å². The molecule has 4 rings (SSSR count). The van der Waals surface area contributed by atoms with Gasteiger partial charge in [-0.25, -0.2) is 4.79 Å². The van der Waals surface area contributed by atoms with Gasteiger partial charge in [-0.15, -0.1) is 0 Å². The fourth-order valence-corrected chi connectivity index (χ4v) is 7.22. The molecule has 0 aromatic carbocycles. The summed E-state index contributed by atoms with van der Waals surface area (Å²) in [6.45, 7) is 4.26. The van der Waals surface area contributed by atoms with E-state index in [-0.39, 0.29) is 29.3 Å². The van der Waals surface area contributed by atoms with Crippen LogP contribution in [0.5, 0.6) is 0 Å². The Bertz CT molecular complexity index is 644. The molecule has 0 saturated heterocycles. The van der Waals surface area contributed by atoms with E-state index in [1.54, 1.807) is 0 Å². The maximum Gasteiger partial charge on any atom is 0.335 e. The first-order chi connectivity index (χ1) is 11.6. The van der Waals surface area contributed by atoms with E-state index >= 15 is 0 Å². The van der Waals surface area contributed by atoms with Crippen molar-refractivity contribution in [3.8, 4) is 0 Å². The van der Waals surface area contributed by atoms with E-state index in [4.69, 9.17) is 0 Å².